The highest BCUT2D eigenvalue weighted by Gasteiger charge is 2.27. The number of urea groups is 1. The predicted molar refractivity (Wildman–Crippen MR) is 74.2 cm³/mol. The number of carbonyl (C=O) groups is 1. The van der Waals surface area contributed by atoms with Gasteiger partial charge in [-0.05, 0) is 24.6 Å². The first-order valence-corrected chi connectivity index (χ1v) is 6.80. The Bertz CT molecular complexity index is 511. The third kappa shape index (κ3) is 8.36. The average Bonchev–Trinajstić information content (AvgIpc) is 2.43. The Labute approximate surface area is 130 Å². The van der Waals surface area contributed by atoms with E-state index in [1.807, 2.05) is 0 Å². The number of carbonyl (C=O) groups excluding carboxylic acids is 1. The van der Waals surface area contributed by atoms with E-state index in [0.717, 1.165) is 6.07 Å². The lowest BCUT2D eigenvalue weighted by atomic mass is 10.1. The molecule has 3 N–H and O–H groups in total. The minimum absolute atomic E-state index is 0.175. The van der Waals surface area contributed by atoms with Gasteiger partial charge in [0.05, 0.1) is 18.8 Å². The zero-order valence-corrected chi connectivity index (χ0v) is 12.4. The number of rotatable bonds is 7. The summed E-state index contributed by atoms with van der Waals surface area (Å²) in [4.78, 5) is 11.5. The van der Waals surface area contributed by atoms with E-state index < -0.39 is 36.8 Å². The van der Waals surface area contributed by atoms with Gasteiger partial charge in [0.1, 0.15) is 12.4 Å². The lowest BCUT2D eigenvalue weighted by Crippen LogP contribution is -2.44. The van der Waals surface area contributed by atoms with Crippen LogP contribution in [0.1, 0.15) is 18.6 Å². The molecule has 1 rings (SSSR count). The monoisotopic (exact) mass is 338 g/mol. The van der Waals surface area contributed by atoms with E-state index in [2.05, 4.69) is 15.4 Å². The van der Waals surface area contributed by atoms with Crippen molar-refractivity contribution in [1.29, 1.82) is 0 Å². The Balaban J connectivity index is 2.28. The number of hydrogen-bond donors (Lipinski definition) is 3. The van der Waals surface area contributed by atoms with Crippen LogP contribution in [0.5, 0.6) is 0 Å². The van der Waals surface area contributed by atoms with Crippen LogP contribution in [-0.2, 0) is 4.74 Å². The first-order chi connectivity index (χ1) is 10.7. The highest BCUT2D eigenvalue weighted by Crippen LogP contribution is 2.14. The maximum atomic E-state index is 13.0. The van der Waals surface area contributed by atoms with E-state index in [9.17, 15) is 27.5 Å². The molecule has 1 aromatic rings. The van der Waals surface area contributed by atoms with Crippen LogP contribution >= 0.6 is 0 Å². The van der Waals surface area contributed by atoms with Crippen molar-refractivity contribution in [2.24, 2.45) is 0 Å². The summed E-state index contributed by atoms with van der Waals surface area (Å²) in [5.74, 6) is -0.513. The molecule has 0 aromatic heterocycles. The van der Waals surface area contributed by atoms with Gasteiger partial charge >= 0.3 is 12.2 Å². The summed E-state index contributed by atoms with van der Waals surface area (Å²) in [5.41, 5.74) is 0.298. The van der Waals surface area contributed by atoms with Crippen molar-refractivity contribution in [3.05, 3.63) is 35.6 Å². The first kappa shape index (κ1) is 19.2. The molecule has 0 heterocycles. The Morgan fingerprint density at radius 1 is 1.39 bits per heavy atom. The molecule has 0 aliphatic heterocycles. The highest BCUT2D eigenvalue weighted by atomic mass is 19.4. The molecule has 0 radical (unpaired) electrons. The van der Waals surface area contributed by atoms with Crippen LogP contribution in [0, 0.1) is 5.82 Å². The van der Waals surface area contributed by atoms with Crippen LogP contribution in [0.4, 0.5) is 22.4 Å². The number of halogens is 4. The van der Waals surface area contributed by atoms with Crippen LogP contribution in [-0.4, -0.2) is 43.1 Å². The molecule has 0 aliphatic rings. The average molecular weight is 338 g/mol. The van der Waals surface area contributed by atoms with Crippen molar-refractivity contribution in [1.82, 2.24) is 10.6 Å². The molecular formula is C14H18F4N2O3. The topological polar surface area (TPSA) is 70.6 Å². The molecule has 23 heavy (non-hydrogen) atoms. The number of hydrogen-bond acceptors (Lipinski definition) is 3. The Kier molecular flexibility index (Phi) is 7.24. The fraction of sp³-hybridized carbons (Fsp3) is 0.500. The third-order valence-corrected chi connectivity index (χ3v) is 2.70. The van der Waals surface area contributed by atoms with Crippen molar-refractivity contribution < 1.29 is 32.2 Å². The van der Waals surface area contributed by atoms with Crippen molar-refractivity contribution in [3.8, 4) is 0 Å². The summed E-state index contributed by atoms with van der Waals surface area (Å²) < 4.78 is 53.1. The molecule has 130 valence electrons. The molecular weight excluding hydrogens is 320 g/mol. The minimum Gasteiger partial charge on any atom is -0.387 e. The molecule has 2 atom stereocenters. The van der Waals surface area contributed by atoms with Crippen LogP contribution < -0.4 is 10.6 Å². The van der Waals surface area contributed by atoms with Gasteiger partial charge in [0.25, 0.3) is 0 Å². The van der Waals surface area contributed by atoms with Crippen LogP contribution in [0.2, 0.25) is 0 Å². The van der Waals surface area contributed by atoms with E-state index in [1.165, 1.54) is 25.1 Å². The summed E-state index contributed by atoms with van der Waals surface area (Å²) in [5, 5.41) is 14.5. The van der Waals surface area contributed by atoms with Crippen LogP contribution in [0.15, 0.2) is 24.3 Å². The number of nitrogens with one attached hydrogen (secondary N) is 2. The van der Waals surface area contributed by atoms with E-state index in [-0.39, 0.29) is 13.2 Å². The van der Waals surface area contributed by atoms with Crippen molar-refractivity contribution in [3.63, 3.8) is 0 Å². The molecule has 0 bridgehead atoms. The van der Waals surface area contributed by atoms with Crippen LogP contribution in [0.3, 0.4) is 0 Å². The van der Waals surface area contributed by atoms with Gasteiger partial charge in [-0.3, -0.25) is 0 Å². The van der Waals surface area contributed by atoms with Crippen molar-refractivity contribution in [2.45, 2.75) is 25.2 Å². The molecule has 2 amide bonds. The molecule has 0 spiro atoms. The SMILES string of the molecule is C[C@H](COCC(F)(F)F)NC(=O)NC[C@H](O)c1cccc(F)c1. The van der Waals surface area contributed by atoms with Gasteiger partial charge in [-0.1, -0.05) is 12.1 Å². The number of alkyl halides is 3. The summed E-state index contributed by atoms with van der Waals surface area (Å²) in [6.07, 6.45) is -5.52. The Morgan fingerprint density at radius 2 is 2.09 bits per heavy atom. The van der Waals surface area contributed by atoms with E-state index in [4.69, 9.17) is 0 Å². The maximum Gasteiger partial charge on any atom is 0.411 e. The fourth-order valence-corrected chi connectivity index (χ4v) is 1.69. The second-order valence-electron chi connectivity index (χ2n) is 4.96. The molecule has 0 fully saturated rings. The van der Waals surface area contributed by atoms with Gasteiger partial charge in [0, 0.05) is 6.54 Å². The Morgan fingerprint density at radius 3 is 2.70 bits per heavy atom. The van der Waals surface area contributed by atoms with E-state index in [1.54, 1.807) is 0 Å². The largest absolute Gasteiger partial charge is 0.411 e. The highest BCUT2D eigenvalue weighted by molar-refractivity contribution is 5.74. The van der Waals surface area contributed by atoms with Crippen molar-refractivity contribution in [2.75, 3.05) is 19.8 Å². The van der Waals surface area contributed by atoms with Crippen molar-refractivity contribution >= 4 is 6.03 Å². The second kappa shape index (κ2) is 8.68. The van der Waals surface area contributed by atoms with Gasteiger partial charge in [-0.25, -0.2) is 9.18 Å². The number of aliphatic hydroxyl groups is 1. The molecule has 0 unspecified atom stereocenters. The fourth-order valence-electron chi connectivity index (χ4n) is 1.69. The maximum absolute atomic E-state index is 13.0. The quantitative estimate of drug-likeness (QED) is 0.667. The van der Waals surface area contributed by atoms with E-state index >= 15 is 0 Å². The summed E-state index contributed by atoms with van der Waals surface area (Å²) in [6.45, 7) is -0.400. The first-order valence-electron chi connectivity index (χ1n) is 6.80. The Hall–Kier alpha value is -1.87. The zero-order valence-electron chi connectivity index (χ0n) is 12.4. The summed E-state index contributed by atoms with van der Waals surface area (Å²) in [6, 6.07) is 3.96. The van der Waals surface area contributed by atoms with Gasteiger partial charge in [0.2, 0.25) is 0 Å². The zero-order chi connectivity index (χ0) is 17.5. The number of ether oxygens (including phenoxy) is 1. The lowest BCUT2D eigenvalue weighted by Gasteiger charge is -2.17. The predicted octanol–water partition coefficient (Wildman–Crippen LogP) is 2.13. The molecule has 5 nitrogen and oxygen atoms in total. The standard InChI is InChI=1S/C14H18F4N2O3/c1-9(7-23-8-14(16,17)18)20-13(22)19-6-12(21)10-3-2-4-11(15)5-10/h2-5,9,12,21H,6-8H2,1H3,(H2,19,20,22)/t9-,12+/m1/s1. The summed E-state index contributed by atoms with van der Waals surface area (Å²) in [7, 11) is 0. The molecule has 9 heteroatoms. The van der Waals surface area contributed by atoms with Gasteiger partial charge < -0.3 is 20.5 Å². The molecule has 0 saturated carbocycles. The molecule has 0 saturated heterocycles. The number of benzene rings is 1. The minimum atomic E-state index is -4.42. The van der Waals surface area contributed by atoms with Gasteiger partial charge in [-0.2, -0.15) is 13.2 Å². The molecule has 1 aromatic carbocycles. The second-order valence-corrected chi connectivity index (χ2v) is 4.96. The van der Waals surface area contributed by atoms with Gasteiger partial charge in [-0.15, -0.1) is 0 Å². The third-order valence-electron chi connectivity index (χ3n) is 2.70. The number of aliphatic hydroxyl groups excluding tert-OH is 1. The van der Waals surface area contributed by atoms with E-state index in [0.29, 0.717) is 5.56 Å². The normalized spacial score (nSPS) is 14.2. The number of amides is 2. The summed E-state index contributed by atoms with van der Waals surface area (Å²) >= 11 is 0. The smallest absolute Gasteiger partial charge is 0.387 e. The lowest BCUT2D eigenvalue weighted by molar-refractivity contribution is -0.174. The van der Waals surface area contributed by atoms with Crippen LogP contribution in [0.25, 0.3) is 0 Å². The molecule has 0 aliphatic carbocycles. The van der Waals surface area contributed by atoms with Gasteiger partial charge in [0.15, 0.2) is 0 Å².